The van der Waals surface area contributed by atoms with Crippen molar-refractivity contribution >= 4 is 50.9 Å². The lowest BCUT2D eigenvalue weighted by Gasteiger charge is -2.36. The zero-order chi connectivity index (χ0) is 22.0. The number of H-pyrrole nitrogens is 1. The van der Waals surface area contributed by atoms with Gasteiger partial charge in [0.1, 0.15) is 23.0 Å². The van der Waals surface area contributed by atoms with Crippen molar-refractivity contribution in [1.82, 2.24) is 19.9 Å². The number of anilines is 3. The molecule has 1 aliphatic carbocycles. The average molecular weight is 451 g/mol. The van der Waals surface area contributed by atoms with E-state index in [4.69, 9.17) is 32.8 Å². The molecule has 0 radical (unpaired) electrons. The molecule has 0 amide bonds. The third-order valence-corrected chi connectivity index (χ3v) is 6.86. The van der Waals surface area contributed by atoms with Crippen molar-refractivity contribution in [2.75, 3.05) is 36.1 Å². The number of nitrogens with zero attached hydrogens (tertiary/aromatic N) is 4. The molecule has 9 nitrogen and oxygen atoms in total. The van der Waals surface area contributed by atoms with Crippen LogP contribution in [0.15, 0.2) is 30.5 Å². The Morgan fingerprint density at radius 1 is 1.25 bits per heavy atom. The van der Waals surface area contributed by atoms with Crippen LogP contribution in [0, 0.1) is 11.8 Å². The summed E-state index contributed by atoms with van der Waals surface area (Å²) in [6.45, 7) is 1.78. The number of nitrogens with one attached hydrogen (secondary N) is 2. The SMILES string of the molecule is CNc1cc(Cl)cc2c1[nH]c1nc(Oc3ccc(N)nc3)nc(N3CC4[C@@H](C[C@@H]4N)C3)c12. The third-order valence-electron chi connectivity index (χ3n) is 6.64. The first-order chi connectivity index (χ1) is 15.5. The normalized spacial score (nSPS) is 22.2. The van der Waals surface area contributed by atoms with Crippen LogP contribution in [-0.2, 0) is 0 Å². The lowest BCUT2D eigenvalue weighted by molar-refractivity contribution is 0.194. The molecule has 3 aromatic heterocycles. The van der Waals surface area contributed by atoms with Gasteiger partial charge in [-0.1, -0.05) is 11.6 Å². The molecule has 0 spiro atoms. The number of hydrogen-bond donors (Lipinski definition) is 4. The van der Waals surface area contributed by atoms with E-state index in [-0.39, 0.29) is 12.1 Å². The molecule has 4 aromatic rings. The zero-order valence-corrected chi connectivity index (χ0v) is 18.2. The Balaban J connectivity index is 1.53. The van der Waals surface area contributed by atoms with E-state index < -0.39 is 0 Å². The van der Waals surface area contributed by atoms with Crippen molar-refractivity contribution in [2.45, 2.75) is 12.5 Å². The number of nitrogens with two attached hydrogens (primary N) is 2. The summed E-state index contributed by atoms with van der Waals surface area (Å²) in [7, 11) is 1.87. The number of fused-ring (bicyclic) bond motifs is 4. The van der Waals surface area contributed by atoms with E-state index in [0.717, 1.165) is 47.3 Å². The molecule has 6 N–H and O–H groups in total. The second-order valence-electron chi connectivity index (χ2n) is 8.55. The van der Waals surface area contributed by atoms with E-state index in [9.17, 15) is 0 Å². The van der Waals surface area contributed by atoms with Gasteiger partial charge >= 0.3 is 6.01 Å². The number of aromatic amines is 1. The Kier molecular flexibility index (Phi) is 4.31. The van der Waals surface area contributed by atoms with Gasteiger partial charge in [-0.3, -0.25) is 0 Å². The van der Waals surface area contributed by atoms with Gasteiger partial charge in [0.2, 0.25) is 0 Å². The van der Waals surface area contributed by atoms with Gasteiger partial charge in [-0.25, -0.2) is 4.98 Å². The van der Waals surface area contributed by atoms with Crippen LogP contribution in [0.4, 0.5) is 17.3 Å². The zero-order valence-electron chi connectivity index (χ0n) is 17.5. The summed E-state index contributed by atoms with van der Waals surface area (Å²) < 4.78 is 5.96. The van der Waals surface area contributed by atoms with Crippen molar-refractivity contribution in [3.8, 4) is 11.8 Å². The topological polar surface area (TPSA) is 131 Å². The molecule has 10 heteroatoms. The van der Waals surface area contributed by atoms with Crippen LogP contribution in [0.25, 0.3) is 21.9 Å². The standard InChI is InChI=1S/C22H23ClN8O/c1-26-16-6-11(23)5-13-18-20(28-19(13)16)29-22(32-12-2-3-17(25)27-7-12)30-21(18)31-8-10-4-15(24)14(10)9-31/h2-3,5-7,10,14-15,26H,4,8-9,24H2,1H3,(H2,25,27)(H,28,29,30)/t10-,14?,15-/m0/s1. The molecule has 0 bridgehead atoms. The fourth-order valence-electron chi connectivity index (χ4n) is 4.99. The Morgan fingerprint density at radius 2 is 2.12 bits per heavy atom. The van der Waals surface area contributed by atoms with Gasteiger partial charge in [0.25, 0.3) is 0 Å². The molecular weight excluding hydrogens is 428 g/mol. The number of nitrogen functional groups attached to an aromatic ring is 1. The summed E-state index contributed by atoms with van der Waals surface area (Å²) in [6.07, 6.45) is 2.61. The first-order valence-corrected chi connectivity index (χ1v) is 11.0. The van der Waals surface area contributed by atoms with Gasteiger partial charge in [0.05, 0.1) is 22.8 Å². The fourth-order valence-corrected chi connectivity index (χ4v) is 5.20. The van der Waals surface area contributed by atoms with Gasteiger partial charge < -0.3 is 31.4 Å². The predicted octanol–water partition coefficient (Wildman–Crippen LogP) is 3.36. The quantitative estimate of drug-likeness (QED) is 0.372. The van der Waals surface area contributed by atoms with Gasteiger partial charge in [0, 0.05) is 36.6 Å². The van der Waals surface area contributed by atoms with E-state index in [1.165, 1.54) is 0 Å². The van der Waals surface area contributed by atoms with E-state index >= 15 is 0 Å². The summed E-state index contributed by atoms with van der Waals surface area (Å²) in [4.78, 5) is 19.3. The fraction of sp³-hybridized carbons (Fsp3) is 0.318. The van der Waals surface area contributed by atoms with Crippen molar-refractivity contribution in [3.05, 3.63) is 35.5 Å². The highest BCUT2D eigenvalue weighted by molar-refractivity contribution is 6.32. The summed E-state index contributed by atoms with van der Waals surface area (Å²) >= 11 is 6.43. The lowest BCUT2D eigenvalue weighted by Crippen LogP contribution is -2.46. The maximum Gasteiger partial charge on any atom is 0.326 e. The molecule has 4 heterocycles. The highest BCUT2D eigenvalue weighted by Gasteiger charge is 2.46. The van der Waals surface area contributed by atoms with Crippen LogP contribution in [0.5, 0.6) is 11.8 Å². The molecule has 2 fully saturated rings. The molecule has 1 unspecified atom stereocenters. The van der Waals surface area contributed by atoms with Crippen LogP contribution in [0.2, 0.25) is 5.02 Å². The minimum atomic E-state index is 0.242. The second-order valence-corrected chi connectivity index (χ2v) is 8.99. The molecule has 1 saturated carbocycles. The Morgan fingerprint density at radius 3 is 2.84 bits per heavy atom. The summed E-state index contributed by atoms with van der Waals surface area (Å²) in [5.41, 5.74) is 14.4. The van der Waals surface area contributed by atoms with Crippen LogP contribution in [0.1, 0.15) is 6.42 Å². The summed E-state index contributed by atoms with van der Waals surface area (Å²) in [6, 6.07) is 7.76. The number of benzene rings is 1. The second kappa shape index (κ2) is 7.11. The maximum atomic E-state index is 6.43. The van der Waals surface area contributed by atoms with Gasteiger partial charge in [-0.05, 0) is 42.5 Å². The molecule has 1 aliphatic heterocycles. The van der Waals surface area contributed by atoms with E-state index in [2.05, 4.69) is 25.2 Å². The van der Waals surface area contributed by atoms with E-state index in [0.29, 0.717) is 34.1 Å². The summed E-state index contributed by atoms with van der Waals surface area (Å²) in [5.74, 6) is 2.86. The maximum absolute atomic E-state index is 6.43. The minimum absolute atomic E-state index is 0.242. The van der Waals surface area contributed by atoms with E-state index in [1.54, 1.807) is 18.3 Å². The van der Waals surface area contributed by atoms with Gasteiger partial charge in [-0.2, -0.15) is 9.97 Å². The molecule has 164 valence electrons. The molecule has 3 atom stereocenters. The van der Waals surface area contributed by atoms with Crippen LogP contribution < -0.4 is 26.4 Å². The molecule has 2 aliphatic rings. The van der Waals surface area contributed by atoms with Crippen LogP contribution in [-0.4, -0.2) is 46.1 Å². The number of ether oxygens (including phenoxy) is 1. The number of halogens is 1. The number of rotatable bonds is 4. The molecule has 1 saturated heterocycles. The van der Waals surface area contributed by atoms with Crippen molar-refractivity contribution in [1.29, 1.82) is 0 Å². The number of aromatic nitrogens is 4. The number of hydrogen-bond acceptors (Lipinski definition) is 8. The number of pyridine rings is 1. The van der Waals surface area contributed by atoms with Crippen molar-refractivity contribution in [3.63, 3.8) is 0 Å². The molecule has 6 rings (SSSR count). The summed E-state index contributed by atoms with van der Waals surface area (Å²) in [5, 5.41) is 5.75. The molecule has 1 aromatic carbocycles. The van der Waals surface area contributed by atoms with Crippen molar-refractivity contribution in [2.24, 2.45) is 17.6 Å². The average Bonchev–Trinajstić information content (AvgIpc) is 3.31. The first kappa shape index (κ1) is 19.4. The third kappa shape index (κ3) is 3.00. The highest BCUT2D eigenvalue weighted by Crippen LogP contribution is 2.44. The molecular formula is C22H23ClN8O. The van der Waals surface area contributed by atoms with Crippen molar-refractivity contribution < 1.29 is 4.74 Å². The first-order valence-electron chi connectivity index (χ1n) is 10.6. The van der Waals surface area contributed by atoms with E-state index in [1.807, 2.05) is 19.2 Å². The van der Waals surface area contributed by atoms with Gasteiger partial charge in [-0.15, -0.1) is 0 Å². The smallest absolute Gasteiger partial charge is 0.326 e. The van der Waals surface area contributed by atoms with Crippen LogP contribution >= 0.6 is 11.6 Å². The molecule has 32 heavy (non-hydrogen) atoms. The highest BCUT2D eigenvalue weighted by atomic mass is 35.5. The van der Waals surface area contributed by atoms with Crippen LogP contribution in [0.3, 0.4) is 0 Å². The Hall–Kier alpha value is -3.30. The predicted molar refractivity (Wildman–Crippen MR) is 126 cm³/mol. The lowest BCUT2D eigenvalue weighted by atomic mass is 9.72. The minimum Gasteiger partial charge on any atom is -0.423 e. The monoisotopic (exact) mass is 450 g/mol. The Labute approximate surface area is 189 Å². The Bertz CT molecular complexity index is 1340. The largest absolute Gasteiger partial charge is 0.423 e. The van der Waals surface area contributed by atoms with Gasteiger partial charge in [0.15, 0.2) is 0 Å².